The second-order valence-electron chi connectivity index (χ2n) is 3.92. The number of aromatic nitrogens is 1. The van der Waals surface area contributed by atoms with Crippen molar-refractivity contribution < 1.29 is 12.8 Å². The van der Waals surface area contributed by atoms with Crippen LogP contribution in [-0.4, -0.2) is 18.4 Å². The summed E-state index contributed by atoms with van der Waals surface area (Å²) >= 11 is 10.5. The molecule has 9 heteroatoms. The fourth-order valence-electron chi connectivity index (χ4n) is 1.58. The Balaban J connectivity index is 2.52. The zero-order valence-corrected chi connectivity index (χ0v) is 12.8. The van der Waals surface area contributed by atoms with Gasteiger partial charge in [0.25, 0.3) is 10.0 Å². The monoisotopic (exact) mass is 345 g/mol. The second kappa shape index (κ2) is 5.92. The van der Waals surface area contributed by atoms with E-state index in [0.29, 0.717) is 0 Å². The van der Waals surface area contributed by atoms with Crippen LogP contribution in [0.2, 0.25) is 5.02 Å². The molecule has 2 aromatic rings. The lowest BCUT2D eigenvalue weighted by Crippen LogP contribution is -2.21. The van der Waals surface area contributed by atoms with Gasteiger partial charge in [-0.25, -0.2) is 12.8 Å². The number of nitrogens with zero attached hydrogens (tertiary/aromatic N) is 1. The average Bonchev–Trinajstić information content (AvgIpc) is 2.43. The molecule has 0 aliphatic rings. The lowest BCUT2D eigenvalue weighted by atomic mass is 10.3. The summed E-state index contributed by atoms with van der Waals surface area (Å²) < 4.78 is 40.4. The van der Waals surface area contributed by atoms with Crippen LogP contribution in [0.5, 0.6) is 0 Å². The van der Waals surface area contributed by atoms with E-state index in [2.05, 4.69) is 9.71 Å². The summed E-state index contributed by atoms with van der Waals surface area (Å²) in [4.78, 5) is 3.38. The molecule has 0 amide bonds. The van der Waals surface area contributed by atoms with Gasteiger partial charge < -0.3 is 5.73 Å². The maximum Gasteiger partial charge on any atom is 0.264 e. The number of sulfonamides is 1. The first-order chi connectivity index (χ1) is 9.83. The molecule has 0 atom stereocenters. The van der Waals surface area contributed by atoms with Gasteiger partial charge in [-0.2, -0.15) is 0 Å². The van der Waals surface area contributed by atoms with E-state index in [4.69, 9.17) is 29.6 Å². The van der Waals surface area contributed by atoms with Crippen LogP contribution < -0.4 is 10.5 Å². The first-order valence-electron chi connectivity index (χ1n) is 5.54. The zero-order chi connectivity index (χ0) is 15.6. The molecular formula is C12H9ClFN3O2S2. The quantitative estimate of drug-likeness (QED) is 0.830. The zero-order valence-electron chi connectivity index (χ0n) is 10.4. The number of thiocarbonyl (C=S) groups is 1. The van der Waals surface area contributed by atoms with Crippen LogP contribution in [0.25, 0.3) is 0 Å². The van der Waals surface area contributed by atoms with Crippen LogP contribution >= 0.6 is 23.8 Å². The molecule has 0 saturated heterocycles. The number of pyridine rings is 1. The van der Waals surface area contributed by atoms with Crippen molar-refractivity contribution in [3.05, 3.63) is 53.1 Å². The normalized spacial score (nSPS) is 11.1. The molecule has 21 heavy (non-hydrogen) atoms. The molecule has 0 bridgehead atoms. The first kappa shape index (κ1) is 15.6. The molecule has 1 aromatic carbocycles. The summed E-state index contributed by atoms with van der Waals surface area (Å²) in [6.45, 7) is 0. The van der Waals surface area contributed by atoms with Crippen molar-refractivity contribution >= 4 is 44.5 Å². The highest BCUT2D eigenvalue weighted by Crippen LogP contribution is 2.27. The van der Waals surface area contributed by atoms with Crippen LogP contribution in [0, 0.1) is 5.82 Å². The predicted molar refractivity (Wildman–Crippen MR) is 82.3 cm³/mol. The molecule has 0 fully saturated rings. The van der Waals surface area contributed by atoms with Gasteiger partial charge in [0.2, 0.25) is 0 Å². The van der Waals surface area contributed by atoms with E-state index >= 15 is 0 Å². The molecule has 0 aliphatic heterocycles. The highest BCUT2D eigenvalue weighted by molar-refractivity contribution is 7.93. The highest BCUT2D eigenvalue weighted by atomic mass is 35.5. The topological polar surface area (TPSA) is 85.1 Å². The average molecular weight is 346 g/mol. The number of anilines is 1. The second-order valence-corrected chi connectivity index (χ2v) is 6.41. The SMILES string of the molecule is NC(=S)c1ncccc1S(=O)(=O)Nc1c(F)cccc1Cl. The molecule has 0 spiro atoms. The van der Waals surface area contributed by atoms with E-state index < -0.39 is 15.8 Å². The number of nitrogens with two attached hydrogens (primary N) is 1. The van der Waals surface area contributed by atoms with E-state index in [-0.39, 0.29) is 26.3 Å². The Morgan fingerprint density at radius 2 is 2.05 bits per heavy atom. The van der Waals surface area contributed by atoms with Gasteiger partial charge in [0.05, 0.1) is 5.02 Å². The van der Waals surface area contributed by atoms with Crippen molar-refractivity contribution in [3.8, 4) is 0 Å². The first-order valence-corrected chi connectivity index (χ1v) is 7.81. The number of para-hydroxylation sites is 1. The molecule has 1 heterocycles. The van der Waals surface area contributed by atoms with Gasteiger partial charge in [-0.15, -0.1) is 0 Å². The molecule has 2 rings (SSSR count). The van der Waals surface area contributed by atoms with Crippen molar-refractivity contribution in [1.82, 2.24) is 4.98 Å². The molecule has 5 nitrogen and oxygen atoms in total. The summed E-state index contributed by atoms with van der Waals surface area (Å²) in [7, 11) is -4.14. The Morgan fingerprint density at radius 3 is 2.67 bits per heavy atom. The van der Waals surface area contributed by atoms with Gasteiger partial charge in [0, 0.05) is 6.20 Å². The van der Waals surface area contributed by atoms with Crippen LogP contribution in [-0.2, 0) is 10.0 Å². The number of hydrogen-bond donors (Lipinski definition) is 2. The fourth-order valence-corrected chi connectivity index (χ4v) is 3.33. The third kappa shape index (κ3) is 3.29. The third-order valence-electron chi connectivity index (χ3n) is 2.49. The van der Waals surface area contributed by atoms with Gasteiger partial charge in [-0.1, -0.05) is 29.9 Å². The molecule has 0 saturated carbocycles. The summed E-state index contributed by atoms with van der Waals surface area (Å²) in [6, 6.07) is 6.47. The lowest BCUT2D eigenvalue weighted by Gasteiger charge is -2.12. The third-order valence-corrected chi connectivity index (χ3v) is 4.38. The minimum atomic E-state index is -4.14. The van der Waals surface area contributed by atoms with E-state index in [0.717, 1.165) is 6.07 Å². The van der Waals surface area contributed by atoms with Crippen LogP contribution in [0.15, 0.2) is 41.4 Å². The van der Waals surface area contributed by atoms with Gasteiger partial charge >= 0.3 is 0 Å². The van der Waals surface area contributed by atoms with Crippen molar-refractivity contribution in [2.75, 3.05) is 4.72 Å². The summed E-state index contributed by atoms with van der Waals surface area (Å²) in [6.07, 6.45) is 1.35. The Labute approximate surface area is 131 Å². The molecule has 1 aromatic heterocycles. The van der Waals surface area contributed by atoms with Gasteiger partial charge in [0.15, 0.2) is 0 Å². The van der Waals surface area contributed by atoms with Crippen LogP contribution in [0.4, 0.5) is 10.1 Å². The molecule has 0 aliphatic carbocycles. The molecule has 110 valence electrons. The maximum absolute atomic E-state index is 13.7. The summed E-state index contributed by atoms with van der Waals surface area (Å²) in [5.41, 5.74) is 5.01. The van der Waals surface area contributed by atoms with E-state index in [1.807, 2.05) is 0 Å². The molecular weight excluding hydrogens is 337 g/mol. The Kier molecular flexibility index (Phi) is 4.40. The van der Waals surface area contributed by atoms with Crippen LogP contribution in [0.3, 0.4) is 0 Å². The standard InChI is InChI=1S/C12H9ClFN3O2S2/c13-7-3-1-4-8(14)10(7)17-21(18,19)9-5-2-6-16-11(9)12(15)20/h1-6,17H,(H2,15,20). The van der Waals surface area contributed by atoms with E-state index in [9.17, 15) is 12.8 Å². The molecule has 0 unspecified atom stereocenters. The Bertz CT molecular complexity index is 792. The van der Waals surface area contributed by atoms with E-state index in [1.165, 1.54) is 30.5 Å². The minimum Gasteiger partial charge on any atom is -0.388 e. The van der Waals surface area contributed by atoms with Crippen molar-refractivity contribution in [3.63, 3.8) is 0 Å². The van der Waals surface area contributed by atoms with E-state index in [1.54, 1.807) is 0 Å². The number of nitrogens with one attached hydrogen (secondary N) is 1. The number of halogens is 2. The molecule has 3 N–H and O–H groups in total. The summed E-state index contributed by atoms with van der Waals surface area (Å²) in [5, 5.41) is -0.0701. The Hall–Kier alpha value is -1.77. The van der Waals surface area contributed by atoms with Crippen molar-refractivity contribution in [2.45, 2.75) is 4.90 Å². The van der Waals surface area contributed by atoms with Crippen LogP contribution in [0.1, 0.15) is 5.69 Å². The van der Waals surface area contributed by atoms with Gasteiger partial charge in [0.1, 0.15) is 27.1 Å². The lowest BCUT2D eigenvalue weighted by molar-refractivity contribution is 0.598. The number of rotatable bonds is 4. The highest BCUT2D eigenvalue weighted by Gasteiger charge is 2.23. The molecule has 0 radical (unpaired) electrons. The van der Waals surface area contributed by atoms with Gasteiger partial charge in [-0.3, -0.25) is 9.71 Å². The van der Waals surface area contributed by atoms with Crippen molar-refractivity contribution in [2.24, 2.45) is 5.73 Å². The minimum absolute atomic E-state index is 0.0701. The fraction of sp³-hybridized carbons (Fsp3) is 0. The van der Waals surface area contributed by atoms with Crippen molar-refractivity contribution in [1.29, 1.82) is 0 Å². The smallest absolute Gasteiger partial charge is 0.264 e. The predicted octanol–water partition coefficient (Wildman–Crippen LogP) is 2.31. The van der Waals surface area contributed by atoms with Gasteiger partial charge in [-0.05, 0) is 24.3 Å². The Morgan fingerprint density at radius 1 is 1.33 bits per heavy atom. The summed E-state index contributed by atoms with van der Waals surface area (Å²) in [5.74, 6) is -0.799. The number of hydrogen-bond acceptors (Lipinski definition) is 4. The number of benzene rings is 1. The maximum atomic E-state index is 13.7. The largest absolute Gasteiger partial charge is 0.388 e.